The molecular formula is C24H27N3O3. The van der Waals surface area contributed by atoms with Crippen molar-refractivity contribution in [3.05, 3.63) is 70.8 Å². The van der Waals surface area contributed by atoms with Crippen LogP contribution in [0.4, 0.5) is 0 Å². The Morgan fingerprint density at radius 3 is 2.37 bits per heavy atom. The van der Waals surface area contributed by atoms with Crippen LogP contribution < -0.4 is 0 Å². The summed E-state index contributed by atoms with van der Waals surface area (Å²) >= 11 is 0. The minimum absolute atomic E-state index is 0.125. The summed E-state index contributed by atoms with van der Waals surface area (Å²) < 4.78 is 0. The lowest BCUT2D eigenvalue weighted by molar-refractivity contribution is 0.0655. The van der Waals surface area contributed by atoms with Gasteiger partial charge in [-0.15, -0.1) is 0 Å². The number of hydrogen-bond acceptors (Lipinski definition) is 4. The van der Waals surface area contributed by atoms with Crippen molar-refractivity contribution in [3.8, 4) is 0 Å². The summed E-state index contributed by atoms with van der Waals surface area (Å²) in [7, 11) is 1.78. The fourth-order valence-electron chi connectivity index (χ4n) is 4.13. The standard InChI is InChI=1S/C24H27N3O3/c1-25(15-16-26-12-5-6-13-26)22(28)19-9-10-20-21(17-19)24(30)27(23(20)29)14-11-18-7-3-2-4-8-18/h2-4,7-10,17H,5-6,11-16H2,1H3. The summed E-state index contributed by atoms with van der Waals surface area (Å²) in [6.07, 6.45) is 3.05. The van der Waals surface area contributed by atoms with E-state index in [-0.39, 0.29) is 17.7 Å². The minimum Gasteiger partial charge on any atom is -0.340 e. The van der Waals surface area contributed by atoms with Crippen molar-refractivity contribution in [2.24, 2.45) is 0 Å². The van der Waals surface area contributed by atoms with Gasteiger partial charge in [0.1, 0.15) is 0 Å². The molecule has 1 fully saturated rings. The van der Waals surface area contributed by atoms with Gasteiger partial charge in [-0.2, -0.15) is 0 Å². The smallest absolute Gasteiger partial charge is 0.261 e. The molecule has 0 bridgehead atoms. The highest BCUT2D eigenvalue weighted by atomic mass is 16.2. The minimum atomic E-state index is -0.319. The molecule has 0 atom stereocenters. The van der Waals surface area contributed by atoms with Crippen LogP contribution in [-0.4, -0.2) is 72.2 Å². The number of likely N-dealkylation sites (N-methyl/N-ethyl adjacent to an activating group) is 1. The summed E-state index contributed by atoms with van der Waals surface area (Å²) in [5.41, 5.74) is 2.23. The summed E-state index contributed by atoms with van der Waals surface area (Å²) in [6.45, 7) is 4.02. The van der Waals surface area contributed by atoms with E-state index in [0.29, 0.717) is 36.2 Å². The lowest BCUT2D eigenvalue weighted by Gasteiger charge is -2.21. The van der Waals surface area contributed by atoms with Crippen molar-refractivity contribution in [1.29, 1.82) is 0 Å². The number of rotatable bonds is 7. The molecule has 0 spiro atoms. The van der Waals surface area contributed by atoms with Crippen LogP contribution in [0.1, 0.15) is 49.5 Å². The van der Waals surface area contributed by atoms with Crippen molar-refractivity contribution < 1.29 is 14.4 Å². The number of carbonyl (C=O) groups is 3. The van der Waals surface area contributed by atoms with Crippen molar-refractivity contribution >= 4 is 17.7 Å². The van der Waals surface area contributed by atoms with E-state index >= 15 is 0 Å². The summed E-state index contributed by atoms with van der Waals surface area (Å²) in [6, 6.07) is 14.6. The lowest BCUT2D eigenvalue weighted by Crippen LogP contribution is -2.35. The van der Waals surface area contributed by atoms with Crippen LogP contribution in [0.15, 0.2) is 48.5 Å². The molecule has 0 aliphatic carbocycles. The van der Waals surface area contributed by atoms with Gasteiger partial charge in [-0.25, -0.2) is 0 Å². The Morgan fingerprint density at radius 2 is 1.63 bits per heavy atom. The van der Waals surface area contributed by atoms with E-state index in [1.807, 2.05) is 30.3 Å². The van der Waals surface area contributed by atoms with Crippen LogP contribution in [0.25, 0.3) is 0 Å². The molecule has 2 aliphatic heterocycles. The zero-order chi connectivity index (χ0) is 21.1. The van der Waals surface area contributed by atoms with E-state index < -0.39 is 0 Å². The third-order valence-corrected chi connectivity index (χ3v) is 5.98. The first kappa shape index (κ1) is 20.3. The van der Waals surface area contributed by atoms with Crippen molar-refractivity contribution in [1.82, 2.24) is 14.7 Å². The van der Waals surface area contributed by atoms with E-state index in [1.54, 1.807) is 30.1 Å². The summed E-state index contributed by atoms with van der Waals surface area (Å²) in [4.78, 5) is 43.7. The highest BCUT2D eigenvalue weighted by Crippen LogP contribution is 2.25. The van der Waals surface area contributed by atoms with Gasteiger partial charge in [0.2, 0.25) is 0 Å². The third-order valence-electron chi connectivity index (χ3n) is 5.98. The first-order valence-electron chi connectivity index (χ1n) is 10.6. The predicted molar refractivity (Wildman–Crippen MR) is 115 cm³/mol. The number of likely N-dealkylation sites (tertiary alicyclic amines) is 1. The molecule has 156 valence electrons. The molecule has 4 rings (SSSR count). The zero-order valence-electron chi connectivity index (χ0n) is 17.3. The molecule has 6 nitrogen and oxygen atoms in total. The maximum Gasteiger partial charge on any atom is 0.261 e. The van der Waals surface area contributed by atoms with Crippen LogP contribution in [-0.2, 0) is 6.42 Å². The molecule has 2 aromatic carbocycles. The Morgan fingerprint density at radius 1 is 0.933 bits per heavy atom. The van der Waals surface area contributed by atoms with Gasteiger partial charge in [0, 0.05) is 32.2 Å². The van der Waals surface area contributed by atoms with E-state index in [2.05, 4.69) is 4.90 Å². The van der Waals surface area contributed by atoms with Crippen molar-refractivity contribution in [2.75, 3.05) is 39.8 Å². The number of imide groups is 1. The number of benzene rings is 2. The fourth-order valence-corrected chi connectivity index (χ4v) is 4.13. The normalized spacial score (nSPS) is 16.2. The molecule has 0 saturated carbocycles. The number of hydrogen-bond donors (Lipinski definition) is 0. The van der Waals surface area contributed by atoms with Gasteiger partial charge < -0.3 is 9.80 Å². The molecule has 2 aromatic rings. The number of amides is 3. The SMILES string of the molecule is CN(CCN1CCCC1)C(=O)c1ccc2c(c1)C(=O)N(CCc1ccccc1)C2=O. The quantitative estimate of drug-likeness (QED) is 0.665. The molecule has 30 heavy (non-hydrogen) atoms. The molecule has 0 N–H and O–H groups in total. The van der Waals surface area contributed by atoms with Gasteiger partial charge in [0.25, 0.3) is 17.7 Å². The fraction of sp³-hybridized carbons (Fsp3) is 0.375. The van der Waals surface area contributed by atoms with Crippen LogP contribution in [0.2, 0.25) is 0 Å². The first-order chi connectivity index (χ1) is 14.5. The largest absolute Gasteiger partial charge is 0.340 e. The molecule has 6 heteroatoms. The average molecular weight is 405 g/mol. The number of fused-ring (bicyclic) bond motifs is 1. The van der Waals surface area contributed by atoms with Gasteiger partial charge in [-0.3, -0.25) is 19.3 Å². The van der Waals surface area contributed by atoms with Gasteiger partial charge in [-0.1, -0.05) is 30.3 Å². The summed E-state index contributed by atoms with van der Waals surface area (Å²) in [5.74, 6) is -0.729. The second-order valence-electron chi connectivity index (χ2n) is 8.03. The molecule has 0 aromatic heterocycles. The van der Waals surface area contributed by atoms with E-state index in [9.17, 15) is 14.4 Å². The van der Waals surface area contributed by atoms with E-state index in [4.69, 9.17) is 0 Å². The Labute approximate surface area is 177 Å². The average Bonchev–Trinajstić information content (AvgIpc) is 3.38. The van der Waals surface area contributed by atoms with Gasteiger partial charge in [0.15, 0.2) is 0 Å². The first-order valence-corrected chi connectivity index (χ1v) is 10.6. The number of carbonyl (C=O) groups excluding carboxylic acids is 3. The Kier molecular flexibility index (Phi) is 5.95. The van der Waals surface area contributed by atoms with Crippen LogP contribution in [0.5, 0.6) is 0 Å². The zero-order valence-corrected chi connectivity index (χ0v) is 17.3. The number of nitrogens with zero attached hydrogens (tertiary/aromatic N) is 3. The van der Waals surface area contributed by atoms with Crippen LogP contribution in [0.3, 0.4) is 0 Å². The Balaban J connectivity index is 1.42. The maximum absolute atomic E-state index is 12.8. The summed E-state index contributed by atoms with van der Waals surface area (Å²) in [5, 5.41) is 0. The molecule has 2 aliphatic rings. The van der Waals surface area contributed by atoms with Gasteiger partial charge in [-0.05, 0) is 56.1 Å². The Hall–Kier alpha value is -2.99. The predicted octanol–water partition coefficient (Wildman–Crippen LogP) is 2.69. The Bertz CT molecular complexity index is 951. The highest BCUT2D eigenvalue weighted by molar-refractivity contribution is 6.22. The van der Waals surface area contributed by atoms with E-state index in [1.165, 1.54) is 17.7 Å². The molecule has 0 radical (unpaired) electrons. The van der Waals surface area contributed by atoms with Gasteiger partial charge >= 0.3 is 0 Å². The van der Waals surface area contributed by atoms with Crippen LogP contribution in [0, 0.1) is 0 Å². The molecular weight excluding hydrogens is 378 g/mol. The van der Waals surface area contributed by atoms with E-state index in [0.717, 1.165) is 25.2 Å². The highest BCUT2D eigenvalue weighted by Gasteiger charge is 2.35. The molecule has 2 heterocycles. The van der Waals surface area contributed by atoms with Crippen molar-refractivity contribution in [2.45, 2.75) is 19.3 Å². The molecule has 1 saturated heterocycles. The van der Waals surface area contributed by atoms with Gasteiger partial charge in [0.05, 0.1) is 11.1 Å². The van der Waals surface area contributed by atoms with Crippen LogP contribution >= 0.6 is 0 Å². The lowest BCUT2D eigenvalue weighted by atomic mass is 10.0. The second-order valence-corrected chi connectivity index (χ2v) is 8.03. The topological polar surface area (TPSA) is 60.9 Å². The second kappa shape index (κ2) is 8.79. The maximum atomic E-state index is 12.8. The van der Waals surface area contributed by atoms with Crippen molar-refractivity contribution in [3.63, 3.8) is 0 Å². The monoisotopic (exact) mass is 405 g/mol. The third kappa shape index (κ3) is 4.14. The molecule has 3 amide bonds. The molecule has 0 unspecified atom stereocenters.